The van der Waals surface area contributed by atoms with Gasteiger partial charge < -0.3 is 10.2 Å². The summed E-state index contributed by atoms with van der Waals surface area (Å²) in [5.74, 6) is -4.13. The number of rotatable bonds is 4. The number of aliphatic hydroxyl groups is 2. The minimum absolute atomic E-state index is 0.0260. The summed E-state index contributed by atoms with van der Waals surface area (Å²) in [7, 11) is 0. The summed E-state index contributed by atoms with van der Waals surface area (Å²) in [6, 6.07) is 5.58. The van der Waals surface area contributed by atoms with Crippen molar-refractivity contribution >= 4 is 5.57 Å². The highest BCUT2D eigenvalue weighted by atomic mass is 19.2. The highest BCUT2D eigenvalue weighted by Crippen LogP contribution is 2.23. The zero-order chi connectivity index (χ0) is 20.0. The lowest BCUT2D eigenvalue weighted by Gasteiger charge is -2.05. The minimum Gasteiger partial charge on any atom is -0.392 e. The van der Waals surface area contributed by atoms with E-state index in [0.717, 1.165) is 0 Å². The summed E-state index contributed by atoms with van der Waals surface area (Å²) in [5, 5.41) is 17.3. The van der Waals surface area contributed by atoms with Gasteiger partial charge in [0.2, 0.25) is 0 Å². The average Bonchev–Trinajstić information content (AvgIpc) is 2.59. The molecular formula is C20H21F4O2+. The van der Waals surface area contributed by atoms with Gasteiger partial charge in [-0.2, -0.15) is 0 Å². The average molecular weight is 369 g/mol. The van der Waals surface area contributed by atoms with Crippen LogP contribution in [0.25, 0.3) is 5.57 Å². The minimum atomic E-state index is -0.997. The molecule has 0 aromatic heterocycles. The van der Waals surface area contributed by atoms with Crippen LogP contribution in [0.3, 0.4) is 0 Å². The Morgan fingerprint density at radius 1 is 0.923 bits per heavy atom. The van der Waals surface area contributed by atoms with Gasteiger partial charge >= 0.3 is 0 Å². The molecule has 2 rings (SSSR count). The molecule has 0 spiro atoms. The van der Waals surface area contributed by atoms with Gasteiger partial charge in [-0.15, -0.1) is 0 Å². The molecule has 140 valence electrons. The summed E-state index contributed by atoms with van der Waals surface area (Å²) in [6.07, 6.45) is 0. The third-order valence-electron chi connectivity index (χ3n) is 3.69. The van der Waals surface area contributed by atoms with Gasteiger partial charge in [0.1, 0.15) is 5.92 Å². The molecule has 0 aliphatic heterocycles. The molecule has 0 radical (unpaired) electrons. The second-order valence-corrected chi connectivity index (χ2v) is 5.84. The molecule has 0 bridgehead atoms. The Labute approximate surface area is 150 Å². The first kappa shape index (κ1) is 21.7. The normalized spacial score (nSPS) is 11.5. The molecule has 0 fully saturated rings. The monoisotopic (exact) mass is 369 g/mol. The maximum Gasteiger partial charge on any atom is 0.166 e. The number of hydrogen-bond acceptors (Lipinski definition) is 2. The van der Waals surface area contributed by atoms with E-state index < -0.39 is 36.5 Å². The van der Waals surface area contributed by atoms with E-state index in [2.05, 4.69) is 13.5 Å². The Hall–Kier alpha value is -2.31. The second kappa shape index (κ2) is 9.40. The van der Waals surface area contributed by atoms with Crippen molar-refractivity contribution in [2.24, 2.45) is 0 Å². The van der Waals surface area contributed by atoms with Gasteiger partial charge in [0.05, 0.1) is 20.1 Å². The molecule has 0 saturated heterocycles. The fraction of sp³-hybridized carbons (Fsp3) is 0.250. The summed E-state index contributed by atoms with van der Waals surface area (Å²) in [4.78, 5) is 0. The molecule has 1 unspecified atom stereocenters. The lowest BCUT2D eigenvalue weighted by atomic mass is 10.0. The number of halogens is 4. The zero-order valence-corrected chi connectivity index (χ0v) is 14.6. The van der Waals surface area contributed by atoms with Crippen LogP contribution < -0.4 is 0 Å². The van der Waals surface area contributed by atoms with Crippen LogP contribution in [0.5, 0.6) is 0 Å². The number of hydrogen-bond donors (Lipinski definition) is 2. The summed E-state index contributed by atoms with van der Waals surface area (Å²) in [5.41, 5.74) is 0.773. The first-order valence-electron chi connectivity index (χ1n) is 7.79. The van der Waals surface area contributed by atoms with E-state index in [1.807, 2.05) is 0 Å². The molecule has 0 saturated carbocycles. The Morgan fingerprint density at radius 3 is 1.81 bits per heavy atom. The van der Waals surface area contributed by atoms with Gasteiger partial charge in [-0.05, 0) is 19.4 Å². The van der Waals surface area contributed by atoms with E-state index in [9.17, 15) is 17.6 Å². The number of benzene rings is 2. The van der Waals surface area contributed by atoms with Crippen molar-refractivity contribution < 1.29 is 27.8 Å². The molecule has 2 aromatic rings. The van der Waals surface area contributed by atoms with Crippen molar-refractivity contribution in [3.05, 3.63) is 83.3 Å². The van der Waals surface area contributed by atoms with Crippen molar-refractivity contribution in [1.82, 2.24) is 0 Å². The van der Waals surface area contributed by atoms with Crippen molar-refractivity contribution in [2.45, 2.75) is 33.0 Å². The van der Waals surface area contributed by atoms with Crippen molar-refractivity contribution in [2.75, 3.05) is 0 Å². The topological polar surface area (TPSA) is 40.5 Å². The van der Waals surface area contributed by atoms with Gasteiger partial charge in [0.25, 0.3) is 0 Å². The van der Waals surface area contributed by atoms with E-state index in [1.165, 1.54) is 24.3 Å². The second-order valence-electron chi connectivity index (χ2n) is 5.84. The van der Waals surface area contributed by atoms with Crippen LogP contribution in [-0.2, 0) is 13.2 Å². The van der Waals surface area contributed by atoms with Gasteiger partial charge in [-0.1, -0.05) is 30.8 Å². The van der Waals surface area contributed by atoms with Gasteiger partial charge in [-0.3, -0.25) is 0 Å². The first-order valence-corrected chi connectivity index (χ1v) is 7.79. The Kier molecular flexibility index (Phi) is 7.86. The van der Waals surface area contributed by atoms with Crippen molar-refractivity contribution in [3.8, 4) is 0 Å². The van der Waals surface area contributed by atoms with Crippen molar-refractivity contribution in [3.63, 3.8) is 0 Å². The third kappa shape index (κ3) is 4.86. The molecule has 2 N–H and O–H groups in total. The number of aliphatic hydroxyl groups excluding tert-OH is 2. The van der Waals surface area contributed by atoms with Gasteiger partial charge in [0.15, 0.2) is 23.3 Å². The van der Waals surface area contributed by atoms with Crippen molar-refractivity contribution in [1.29, 1.82) is 0 Å². The third-order valence-corrected chi connectivity index (χ3v) is 3.69. The molecule has 6 heteroatoms. The molecule has 2 nitrogen and oxygen atoms in total. The lowest BCUT2D eigenvalue weighted by Crippen LogP contribution is -2.01. The predicted octanol–water partition coefficient (Wildman–Crippen LogP) is 4.88. The molecule has 0 aliphatic rings. The zero-order valence-electron chi connectivity index (χ0n) is 14.6. The highest BCUT2D eigenvalue weighted by Gasteiger charge is 2.17. The Balaban J connectivity index is 0.000000260. The molecule has 0 heterocycles. The van der Waals surface area contributed by atoms with E-state index >= 15 is 0 Å². The lowest BCUT2D eigenvalue weighted by molar-refractivity contribution is 0.273. The Morgan fingerprint density at radius 2 is 1.38 bits per heavy atom. The van der Waals surface area contributed by atoms with Crippen LogP contribution >= 0.6 is 0 Å². The van der Waals surface area contributed by atoms with Crippen LogP contribution in [0.2, 0.25) is 0 Å². The van der Waals surface area contributed by atoms with Gasteiger partial charge in [-0.25, -0.2) is 17.6 Å². The molecule has 0 amide bonds. The van der Waals surface area contributed by atoms with Crippen LogP contribution in [0.15, 0.2) is 30.8 Å². The summed E-state index contributed by atoms with van der Waals surface area (Å²) < 4.78 is 52.4. The molecule has 1 atom stereocenters. The fourth-order valence-electron chi connectivity index (χ4n) is 2.15. The fourth-order valence-corrected chi connectivity index (χ4v) is 2.15. The molecule has 2 aromatic carbocycles. The van der Waals surface area contributed by atoms with E-state index in [0.29, 0.717) is 5.57 Å². The van der Waals surface area contributed by atoms with E-state index in [1.54, 1.807) is 13.8 Å². The molecule has 0 aliphatic carbocycles. The quantitative estimate of drug-likeness (QED) is 0.595. The van der Waals surface area contributed by atoms with Crippen LogP contribution in [0, 0.1) is 30.2 Å². The van der Waals surface area contributed by atoms with E-state index in [4.69, 9.17) is 10.2 Å². The Bertz CT molecular complexity index is 786. The van der Waals surface area contributed by atoms with Crippen LogP contribution in [0.1, 0.15) is 42.0 Å². The SMILES string of the molecule is C=C(C)c1ccc(CO)c(F)c1F.[CH2+]C(C)c1ccc(CO)c(F)c1F. The van der Waals surface area contributed by atoms with E-state index in [-0.39, 0.29) is 28.2 Å². The smallest absolute Gasteiger partial charge is 0.166 e. The largest absolute Gasteiger partial charge is 0.392 e. The molecular weight excluding hydrogens is 348 g/mol. The predicted molar refractivity (Wildman–Crippen MR) is 93.0 cm³/mol. The highest BCUT2D eigenvalue weighted by molar-refractivity contribution is 5.62. The first-order chi connectivity index (χ1) is 12.1. The number of allylic oxidation sites excluding steroid dienone is 1. The summed E-state index contributed by atoms with van der Waals surface area (Å²) >= 11 is 0. The standard InChI is InChI=1S/C10H11F2O.C10H10F2O/c2*1-6(2)8-4-3-7(5-13)9(11)10(8)12/h3-4,6,13H,1,5H2,2H3;3-4,13H,1,5H2,2H3/q+1;. The van der Waals surface area contributed by atoms with Gasteiger partial charge in [0, 0.05) is 22.3 Å². The summed E-state index contributed by atoms with van der Waals surface area (Å²) in [6.45, 7) is 9.39. The molecule has 26 heavy (non-hydrogen) atoms. The maximum absolute atomic E-state index is 13.2. The maximum atomic E-state index is 13.2. The van der Waals surface area contributed by atoms with Crippen LogP contribution in [-0.4, -0.2) is 10.2 Å². The van der Waals surface area contributed by atoms with Crippen LogP contribution in [0.4, 0.5) is 17.6 Å².